The van der Waals surface area contributed by atoms with Gasteiger partial charge < -0.3 is 10.2 Å². The summed E-state index contributed by atoms with van der Waals surface area (Å²) in [4.78, 5) is 29.9. The van der Waals surface area contributed by atoms with Gasteiger partial charge in [-0.15, -0.1) is 0 Å². The zero-order valence-electron chi connectivity index (χ0n) is 22.5. The number of sulfonamides is 1. The lowest BCUT2D eigenvalue weighted by Crippen LogP contribution is -2.48. The number of benzene rings is 3. The number of carbonyl (C=O) groups is 2. The molecule has 1 saturated heterocycles. The van der Waals surface area contributed by atoms with Gasteiger partial charge in [0, 0.05) is 50.5 Å². The Morgan fingerprint density at radius 1 is 0.897 bits per heavy atom. The van der Waals surface area contributed by atoms with E-state index in [1.165, 1.54) is 26.9 Å². The molecule has 3 aromatic carbocycles. The molecule has 0 saturated carbocycles. The fourth-order valence-corrected chi connectivity index (χ4v) is 6.16. The van der Waals surface area contributed by atoms with Crippen molar-refractivity contribution in [2.45, 2.75) is 31.7 Å². The molecule has 3 aromatic rings. The first-order valence-electron chi connectivity index (χ1n) is 13.3. The Balaban J connectivity index is 1.42. The van der Waals surface area contributed by atoms with Crippen molar-refractivity contribution in [3.63, 3.8) is 0 Å². The monoisotopic (exact) mass is 548 g/mol. The maximum absolute atomic E-state index is 13.5. The topological polar surface area (TPSA) is 90.0 Å². The summed E-state index contributed by atoms with van der Waals surface area (Å²) in [6, 6.07) is 23.7. The molecule has 0 bridgehead atoms. The van der Waals surface area contributed by atoms with E-state index in [4.69, 9.17) is 0 Å². The summed E-state index contributed by atoms with van der Waals surface area (Å²) < 4.78 is 28.4. The lowest BCUT2D eigenvalue weighted by Gasteiger charge is -2.34. The van der Waals surface area contributed by atoms with Gasteiger partial charge in [0.2, 0.25) is 15.9 Å². The molecule has 0 aliphatic carbocycles. The van der Waals surface area contributed by atoms with Gasteiger partial charge in [0.1, 0.15) is 6.54 Å². The predicted octanol–water partition coefficient (Wildman–Crippen LogP) is 3.99. The molecule has 4 rings (SSSR count). The van der Waals surface area contributed by atoms with E-state index >= 15 is 0 Å². The molecule has 0 aromatic heterocycles. The third-order valence-electron chi connectivity index (χ3n) is 6.83. The molecule has 39 heavy (non-hydrogen) atoms. The second-order valence-electron chi connectivity index (χ2n) is 9.78. The molecule has 0 spiro atoms. The molecular weight excluding hydrogens is 512 g/mol. The Labute approximate surface area is 231 Å². The van der Waals surface area contributed by atoms with Crippen molar-refractivity contribution in [2.75, 3.05) is 44.6 Å². The van der Waals surface area contributed by atoms with E-state index in [2.05, 4.69) is 22.3 Å². The quantitative estimate of drug-likeness (QED) is 0.414. The molecule has 1 fully saturated rings. The summed E-state index contributed by atoms with van der Waals surface area (Å²) >= 11 is 0. The third-order valence-corrected chi connectivity index (χ3v) is 8.73. The molecule has 0 atom stereocenters. The standard InChI is InChI=1S/C30H36N4O4S/c1-3-16-33(23-29(35)31-28-15-8-7-10-24(28)2)30(36)26-13-9-14-27(21-26)39(37,38)34-19-17-32(18-20-34)22-25-11-5-4-6-12-25/h4-15,21H,3,16-20,22-23H2,1-2H3,(H,31,35). The lowest BCUT2D eigenvalue weighted by atomic mass is 10.2. The molecule has 1 N–H and O–H groups in total. The van der Waals surface area contributed by atoms with Gasteiger partial charge in [0.15, 0.2) is 0 Å². The number of nitrogens with zero attached hydrogens (tertiary/aromatic N) is 3. The van der Waals surface area contributed by atoms with Crippen molar-refractivity contribution in [3.05, 3.63) is 95.6 Å². The molecular formula is C30H36N4O4S. The molecule has 1 heterocycles. The third kappa shape index (κ3) is 7.32. The van der Waals surface area contributed by atoms with Crippen LogP contribution in [0.4, 0.5) is 5.69 Å². The molecule has 1 aliphatic rings. The number of hydrogen-bond donors (Lipinski definition) is 1. The minimum Gasteiger partial charge on any atom is -0.329 e. The number of anilines is 1. The van der Waals surface area contributed by atoms with E-state index < -0.39 is 10.0 Å². The second kappa shape index (κ2) is 13.0. The summed E-state index contributed by atoms with van der Waals surface area (Å²) in [6.07, 6.45) is 0.661. The highest BCUT2D eigenvalue weighted by atomic mass is 32.2. The van der Waals surface area contributed by atoms with Gasteiger partial charge in [0.05, 0.1) is 4.90 Å². The number of para-hydroxylation sites is 1. The molecule has 0 radical (unpaired) electrons. The number of nitrogens with one attached hydrogen (secondary N) is 1. The Bertz CT molecular complexity index is 1390. The van der Waals surface area contributed by atoms with Gasteiger partial charge in [-0.1, -0.05) is 61.5 Å². The lowest BCUT2D eigenvalue weighted by molar-refractivity contribution is -0.116. The van der Waals surface area contributed by atoms with Crippen LogP contribution in [0.25, 0.3) is 0 Å². The number of amides is 2. The summed E-state index contributed by atoms with van der Waals surface area (Å²) in [5.74, 6) is -0.676. The number of aryl methyl sites for hydroxylation is 1. The molecule has 2 amide bonds. The summed E-state index contributed by atoms with van der Waals surface area (Å²) in [5.41, 5.74) is 3.07. The number of piperazine rings is 1. The molecule has 206 valence electrons. The Kier molecular flexibility index (Phi) is 9.50. The fraction of sp³-hybridized carbons (Fsp3) is 0.333. The first kappa shape index (κ1) is 28.5. The zero-order valence-corrected chi connectivity index (χ0v) is 23.4. The number of hydrogen-bond acceptors (Lipinski definition) is 5. The van der Waals surface area contributed by atoms with Crippen LogP contribution in [0.15, 0.2) is 83.8 Å². The summed E-state index contributed by atoms with van der Waals surface area (Å²) in [6.45, 7) is 6.89. The molecule has 1 aliphatic heterocycles. The SMILES string of the molecule is CCCN(CC(=O)Nc1ccccc1C)C(=O)c1cccc(S(=O)(=O)N2CCN(Cc3ccccc3)CC2)c1. The highest BCUT2D eigenvalue weighted by Crippen LogP contribution is 2.21. The van der Waals surface area contributed by atoms with Crippen LogP contribution in [0.3, 0.4) is 0 Å². The van der Waals surface area contributed by atoms with E-state index in [1.54, 1.807) is 12.1 Å². The van der Waals surface area contributed by atoms with Gasteiger partial charge in [-0.25, -0.2) is 8.42 Å². The number of rotatable bonds is 10. The van der Waals surface area contributed by atoms with Gasteiger partial charge in [0.25, 0.3) is 5.91 Å². The summed E-state index contributed by atoms with van der Waals surface area (Å²) in [5, 5.41) is 2.86. The van der Waals surface area contributed by atoms with Crippen molar-refractivity contribution in [2.24, 2.45) is 0 Å². The Morgan fingerprint density at radius 2 is 1.59 bits per heavy atom. The Morgan fingerprint density at radius 3 is 2.28 bits per heavy atom. The van der Waals surface area contributed by atoms with Crippen LogP contribution in [0, 0.1) is 6.92 Å². The van der Waals surface area contributed by atoms with Gasteiger partial charge in [-0.3, -0.25) is 14.5 Å². The maximum Gasteiger partial charge on any atom is 0.254 e. The van der Waals surface area contributed by atoms with Crippen molar-refractivity contribution < 1.29 is 18.0 Å². The van der Waals surface area contributed by atoms with Crippen LogP contribution in [0.5, 0.6) is 0 Å². The van der Waals surface area contributed by atoms with E-state index in [0.29, 0.717) is 44.8 Å². The van der Waals surface area contributed by atoms with Crippen LogP contribution in [0.1, 0.15) is 34.8 Å². The highest BCUT2D eigenvalue weighted by Gasteiger charge is 2.29. The first-order chi connectivity index (χ1) is 18.8. The van der Waals surface area contributed by atoms with Crippen LogP contribution in [-0.4, -0.2) is 73.6 Å². The van der Waals surface area contributed by atoms with Crippen LogP contribution in [0.2, 0.25) is 0 Å². The van der Waals surface area contributed by atoms with Crippen molar-refractivity contribution in [3.8, 4) is 0 Å². The molecule has 0 unspecified atom stereocenters. The zero-order chi connectivity index (χ0) is 27.8. The molecule has 9 heteroatoms. The minimum absolute atomic E-state index is 0.0886. The van der Waals surface area contributed by atoms with Crippen LogP contribution >= 0.6 is 0 Å². The first-order valence-corrected chi connectivity index (χ1v) is 14.7. The normalized spacial score (nSPS) is 14.6. The predicted molar refractivity (Wildman–Crippen MR) is 153 cm³/mol. The van der Waals surface area contributed by atoms with Crippen LogP contribution < -0.4 is 5.32 Å². The largest absolute Gasteiger partial charge is 0.329 e. The van der Waals surface area contributed by atoms with Crippen molar-refractivity contribution in [1.82, 2.24) is 14.1 Å². The van der Waals surface area contributed by atoms with E-state index in [0.717, 1.165) is 12.1 Å². The van der Waals surface area contributed by atoms with E-state index in [-0.39, 0.29) is 28.8 Å². The minimum atomic E-state index is -3.76. The van der Waals surface area contributed by atoms with Gasteiger partial charge in [-0.05, 0) is 48.7 Å². The fourth-order valence-electron chi connectivity index (χ4n) is 4.69. The smallest absolute Gasteiger partial charge is 0.254 e. The Hall–Kier alpha value is -3.53. The summed E-state index contributed by atoms with van der Waals surface area (Å²) in [7, 11) is -3.76. The average molecular weight is 549 g/mol. The van der Waals surface area contributed by atoms with Gasteiger partial charge >= 0.3 is 0 Å². The van der Waals surface area contributed by atoms with Gasteiger partial charge in [-0.2, -0.15) is 4.31 Å². The maximum atomic E-state index is 13.5. The average Bonchev–Trinajstić information content (AvgIpc) is 2.94. The van der Waals surface area contributed by atoms with Crippen molar-refractivity contribution >= 4 is 27.5 Å². The highest BCUT2D eigenvalue weighted by molar-refractivity contribution is 7.89. The second-order valence-corrected chi connectivity index (χ2v) is 11.7. The van der Waals surface area contributed by atoms with Crippen LogP contribution in [-0.2, 0) is 21.4 Å². The van der Waals surface area contributed by atoms with Crippen molar-refractivity contribution in [1.29, 1.82) is 0 Å². The van der Waals surface area contributed by atoms with E-state index in [9.17, 15) is 18.0 Å². The van der Waals surface area contributed by atoms with E-state index in [1.807, 2.05) is 56.3 Å². The molecule has 8 nitrogen and oxygen atoms in total. The number of carbonyl (C=O) groups excluding carboxylic acids is 2.